The number of nitrogens with zero attached hydrogens (tertiary/aromatic N) is 3. The van der Waals surface area contributed by atoms with Gasteiger partial charge in [0.2, 0.25) is 0 Å². The predicted octanol–water partition coefficient (Wildman–Crippen LogP) is 2.89. The van der Waals surface area contributed by atoms with Crippen LogP contribution in [0.5, 0.6) is 5.75 Å². The van der Waals surface area contributed by atoms with E-state index in [1.165, 1.54) is 17.9 Å². The first kappa shape index (κ1) is 18.6. The standard InChI is InChI=1S/C20H21ClN4O3/c1-22-19(28)17-18(27)16(26)11-24(23-17)12-20(7-2-3-8-20)25-9-6-13-4-5-14(21)10-15(13)25/h4-6,9-11,26H,2-3,7-8,12H2,1H3,(H,22,28). The maximum absolute atomic E-state index is 12.1. The Labute approximate surface area is 166 Å². The maximum atomic E-state index is 12.1. The summed E-state index contributed by atoms with van der Waals surface area (Å²) in [6.07, 6.45) is 7.33. The topological polar surface area (TPSA) is 89.2 Å². The number of hydrogen-bond donors (Lipinski definition) is 2. The van der Waals surface area contributed by atoms with Crippen molar-refractivity contribution in [3.05, 3.63) is 57.6 Å². The molecule has 0 unspecified atom stereocenters. The fourth-order valence-corrected chi connectivity index (χ4v) is 4.36. The van der Waals surface area contributed by atoms with E-state index in [0.29, 0.717) is 11.6 Å². The largest absolute Gasteiger partial charge is 0.503 e. The summed E-state index contributed by atoms with van der Waals surface area (Å²) in [6, 6.07) is 7.86. The number of rotatable bonds is 4. The van der Waals surface area contributed by atoms with Crippen molar-refractivity contribution in [2.75, 3.05) is 7.05 Å². The molecule has 3 aromatic rings. The minimum Gasteiger partial charge on any atom is -0.503 e. The zero-order valence-corrected chi connectivity index (χ0v) is 16.2. The highest BCUT2D eigenvalue weighted by atomic mass is 35.5. The molecule has 2 heterocycles. The summed E-state index contributed by atoms with van der Waals surface area (Å²) in [5.41, 5.74) is -0.322. The molecule has 1 saturated carbocycles. The lowest BCUT2D eigenvalue weighted by Gasteiger charge is -2.32. The van der Waals surface area contributed by atoms with Gasteiger partial charge < -0.3 is 15.0 Å². The Balaban J connectivity index is 1.81. The van der Waals surface area contributed by atoms with Crippen molar-refractivity contribution >= 4 is 28.4 Å². The third kappa shape index (κ3) is 3.05. The Morgan fingerprint density at radius 3 is 2.79 bits per heavy atom. The minimum atomic E-state index is -0.769. The number of aromatic hydroxyl groups is 1. The normalized spacial score (nSPS) is 15.8. The lowest BCUT2D eigenvalue weighted by molar-refractivity contribution is 0.0952. The van der Waals surface area contributed by atoms with Crippen LogP contribution in [-0.4, -0.2) is 32.4 Å². The average molecular weight is 401 g/mol. The van der Waals surface area contributed by atoms with E-state index in [9.17, 15) is 14.7 Å². The second-order valence-electron chi connectivity index (χ2n) is 7.29. The minimum absolute atomic E-state index is 0.277. The van der Waals surface area contributed by atoms with Crippen LogP contribution in [0.2, 0.25) is 5.02 Å². The molecular formula is C20H21ClN4O3. The summed E-state index contributed by atoms with van der Waals surface area (Å²) >= 11 is 6.23. The van der Waals surface area contributed by atoms with Crippen molar-refractivity contribution in [3.8, 4) is 5.75 Å². The first-order valence-electron chi connectivity index (χ1n) is 9.23. The first-order chi connectivity index (χ1) is 13.4. The van der Waals surface area contributed by atoms with E-state index < -0.39 is 17.1 Å². The quantitative estimate of drug-likeness (QED) is 0.704. The fraction of sp³-hybridized carbons (Fsp3) is 0.350. The Morgan fingerprint density at radius 1 is 1.32 bits per heavy atom. The van der Waals surface area contributed by atoms with Crippen molar-refractivity contribution in [1.29, 1.82) is 0 Å². The summed E-state index contributed by atoms with van der Waals surface area (Å²) < 4.78 is 3.72. The van der Waals surface area contributed by atoms with Gasteiger partial charge in [0.15, 0.2) is 11.4 Å². The lowest BCUT2D eigenvalue weighted by Crippen LogP contribution is -2.37. The number of benzene rings is 1. The van der Waals surface area contributed by atoms with Crippen LogP contribution in [0.1, 0.15) is 36.2 Å². The number of hydrogen-bond acceptors (Lipinski definition) is 4. The van der Waals surface area contributed by atoms with Gasteiger partial charge in [-0.05, 0) is 36.4 Å². The van der Waals surface area contributed by atoms with Crippen LogP contribution in [-0.2, 0) is 12.1 Å². The SMILES string of the molecule is CNC(=O)c1nn(CC2(n3ccc4ccc(Cl)cc43)CCCC2)cc(O)c1=O. The molecule has 0 aliphatic heterocycles. The van der Waals surface area contributed by atoms with Crippen LogP contribution in [0.25, 0.3) is 10.9 Å². The van der Waals surface area contributed by atoms with E-state index in [2.05, 4.69) is 21.0 Å². The van der Waals surface area contributed by atoms with Gasteiger partial charge in [0, 0.05) is 18.3 Å². The van der Waals surface area contributed by atoms with Gasteiger partial charge in [-0.15, -0.1) is 0 Å². The Bertz CT molecular complexity index is 1110. The van der Waals surface area contributed by atoms with Crippen molar-refractivity contribution in [3.63, 3.8) is 0 Å². The van der Waals surface area contributed by atoms with Gasteiger partial charge in [0.05, 0.1) is 23.8 Å². The van der Waals surface area contributed by atoms with Crippen molar-refractivity contribution in [2.45, 2.75) is 37.8 Å². The average Bonchev–Trinajstić information content (AvgIpc) is 3.31. The summed E-state index contributed by atoms with van der Waals surface area (Å²) in [5.74, 6) is -1.10. The van der Waals surface area contributed by atoms with Crippen LogP contribution in [0.3, 0.4) is 0 Å². The second-order valence-corrected chi connectivity index (χ2v) is 7.73. The molecule has 1 aromatic carbocycles. The van der Waals surface area contributed by atoms with Crippen LogP contribution < -0.4 is 10.7 Å². The molecule has 2 aromatic heterocycles. The van der Waals surface area contributed by atoms with Crippen molar-refractivity contribution in [1.82, 2.24) is 19.7 Å². The number of halogens is 1. The molecule has 1 amide bonds. The number of amides is 1. The van der Waals surface area contributed by atoms with Crippen LogP contribution in [0, 0.1) is 0 Å². The summed E-state index contributed by atoms with van der Waals surface area (Å²) in [5, 5.41) is 18.4. The molecule has 0 atom stereocenters. The molecule has 7 nitrogen and oxygen atoms in total. The van der Waals surface area contributed by atoms with Crippen LogP contribution in [0.4, 0.5) is 0 Å². The molecule has 0 spiro atoms. The lowest BCUT2D eigenvalue weighted by atomic mass is 9.96. The summed E-state index contributed by atoms with van der Waals surface area (Å²) in [7, 11) is 1.42. The molecular weight excluding hydrogens is 380 g/mol. The Hall–Kier alpha value is -2.80. The van der Waals surface area contributed by atoms with Gasteiger partial charge in [-0.25, -0.2) is 0 Å². The third-order valence-electron chi connectivity index (χ3n) is 5.55. The highest BCUT2D eigenvalue weighted by Crippen LogP contribution is 2.40. The molecule has 28 heavy (non-hydrogen) atoms. The number of carbonyl (C=O) groups excluding carboxylic acids is 1. The summed E-state index contributed by atoms with van der Waals surface area (Å²) in [6.45, 7) is 0.432. The zero-order valence-electron chi connectivity index (χ0n) is 15.5. The highest BCUT2D eigenvalue weighted by Gasteiger charge is 2.37. The van der Waals surface area contributed by atoms with Gasteiger partial charge in [0.25, 0.3) is 11.3 Å². The molecule has 2 N–H and O–H groups in total. The molecule has 0 radical (unpaired) electrons. The van der Waals surface area contributed by atoms with Gasteiger partial charge >= 0.3 is 0 Å². The monoisotopic (exact) mass is 400 g/mol. The molecule has 8 heteroatoms. The van der Waals surface area contributed by atoms with E-state index in [1.807, 2.05) is 24.4 Å². The van der Waals surface area contributed by atoms with Gasteiger partial charge in [0.1, 0.15) is 0 Å². The van der Waals surface area contributed by atoms with Crippen LogP contribution in [0.15, 0.2) is 41.5 Å². The molecule has 1 fully saturated rings. The van der Waals surface area contributed by atoms with E-state index in [0.717, 1.165) is 36.6 Å². The smallest absolute Gasteiger partial charge is 0.275 e. The predicted molar refractivity (Wildman–Crippen MR) is 107 cm³/mol. The first-order valence-corrected chi connectivity index (χ1v) is 9.61. The molecule has 1 aliphatic carbocycles. The third-order valence-corrected chi connectivity index (χ3v) is 5.78. The zero-order chi connectivity index (χ0) is 19.9. The molecule has 4 rings (SSSR count). The van der Waals surface area contributed by atoms with Crippen molar-refractivity contribution in [2.24, 2.45) is 0 Å². The Morgan fingerprint density at radius 2 is 2.07 bits per heavy atom. The molecule has 1 aliphatic rings. The van der Waals surface area contributed by atoms with Gasteiger partial charge in [-0.3, -0.25) is 14.3 Å². The van der Waals surface area contributed by atoms with Gasteiger partial charge in [-0.1, -0.05) is 30.5 Å². The molecule has 146 valence electrons. The number of nitrogens with one attached hydrogen (secondary N) is 1. The van der Waals surface area contributed by atoms with Crippen molar-refractivity contribution < 1.29 is 9.90 Å². The summed E-state index contributed by atoms with van der Waals surface area (Å²) in [4.78, 5) is 24.1. The number of carbonyl (C=O) groups is 1. The molecule has 0 saturated heterocycles. The second kappa shape index (κ2) is 6.98. The molecule has 0 bridgehead atoms. The van der Waals surface area contributed by atoms with E-state index >= 15 is 0 Å². The van der Waals surface area contributed by atoms with E-state index in [-0.39, 0.29) is 11.2 Å². The number of fused-ring (bicyclic) bond motifs is 1. The van der Waals surface area contributed by atoms with Gasteiger partial charge in [-0.2, -0.15) is 5.10 Å². The van der Waals surface area contributed by atoms with E-state index in [1.54, 1.807) is 0 Å². The fourth-order valence-electron chi connectivity index (χ4n) is 4.20. The highest BCUT2D eigenvalue weighted by molar-refractivity contribution is 6.31. The maximum Gasteiger partial charge on any atom is 0.275 e. The number of aromatic nitrogens is 3. The van der Waals surface area contributed by atoms with E-state index in [4.69, 9.17) is 11.6 Å². The van der Waals surface area contributed by atoms with Crippen LogP contribution >= 0.6 is 11.6 Å². The Kier molecular flexibility index (Phi) is 4.63.